The second-order valence-electron chi connectivity index (χ2n) is 5.12. The second kappa shape index (κ2) is 6.37. The summed E-state index contributed by atoms with van der Waals surface area (Å²) in [4.78, 5) is 0. The lowest BCUT2D eigenvalue weighted by atomic mass is 10.2. The molecule has 0 aliphatic rings. The Bertz CT molecular complexity index is 639. The van der Waals surface area contributed by atoms with E-state index in [1.807, 2.05) is 31.2 Å². The van der Waals surface area contributed by atoms with Crippen LogP contribution in [0.25, 0.3) is 0 Å². The van der Waals surface area contributed by atoms with Crippen molar-refractivity contribution in [3.05, 3.63) is 90.0 Å². The Kier molecular flexibility index (Phi) is 4.31. The molecule has 22 heavy (non-hydrogen) atoms. The molecule has 0 bridgehead atoms. The lowest BCUT2D eigenvalue weighted by Gasteiger charge is -2.19. The Morgan fingerprint density at radius 1 is 0.545 bits per heavy atom. The quantitative estimate of drug-likeness (QED) is 0.641. The topological polar surface area (TPSA) is 0 Å². The van der Waals surface area contributed by atoms with E-state index < -0.39 is 7.92 Å². The maximum Gasteiger partial charge on any atom is 0.123 e. The zero-order chi connectivity index (χ0) is 15.5. The van der Waals surface area contributed by atoms with Gasteiger partial charge >= 0.3 is 0 Å². The number of rotatable bonds is 3. The summed E-state index contributed by atoms with van der Waals surface area (Å²) in [6, 6.07) is 21.5. The number of benzene rings is 3. The standard InChI is InChI=1S/C19H15F2P/c1-14-2-8-17(9-3-14)22(18-10-4-15(20)5-11-18)19-12-6-16(21)7-13-19/h2-13H,1H3. The minimum absolute atomic E-state index is 0.248. The van der Waals surface area contributed by atoms with E-state index in [-0.39, 0.29) is 11.6 Å². The third kappa shape index (κ3) is 3.23. The van der Waals surface area contributed by atoms with Gasteiger partial charge in [-0.3, -0.25) is 0 Å². The lowest BCUT2D eigenvalue weighted by Crippen LogP contribution is -2.20. The van der Waals surface area contributed by atoms with Crippen molar-refractivity contribution in [1.82, 2.24) is 0 Å². The maximum absolute atomic E-state index is 13.2. The van der Waals surface area contributed by atoms with Crippen molar-refractivity contribution >= 4 is 23.8 Å². The van der Waals surface area contributed by atoms with Crippen LogP contribution in [0.2, 0.25) is 0 Å². The van der Waals surface area contributed by atoms with Crippen LogP contribution in [0.5, 0.6) is 0 Å². The normalized spacial score (nSPS) is 10.9. The highest BCUT2D eigenvalue weighted by molar-refractivity contribution is 7.79. The van der Waals surface area contributed by atoms with Crippen molar-refractivity contribution in [3.8, 4) is 0 Å². The molecule has 0 saturated carbocycles. The van der Waals surface area contributed by atoms with Crippen LogP contribution in [-0.4, -0.2) is 0 Å². The molecular weight excluding hydrogens is 297 g/mol. The fraction of sp³-hybridized carbons (Fsp3) is 0.0526. The highest BCUT2D eigenvalue weighted by Crippen LogP contribution is 2.32. The van der Waals surface area contributed by atoms with Crippen molar-refractivity contribution in [2.45, 2.75) is 6.92 Å². The highest BCUT2D eigenvalue weighted by atomic mass is 31.1. The lowest BCUT2D eigenvalue weighted by molar-refractivity contribution is 0.628. The smallest absolute Gasteiger partial charge is 0.123 e. The van der Waals surface area contributed by atoms with Crippen LogP contribution in [0.4, 0.5) is 8.78 Å². The molecular formula is C19H15F2P. The number of halogens is 2. The van der Waals surface area contributed by atoms with Crippen LogP contribution in [0, 0.1) is 18.6 Å². The average Bonchev–Trinajstić information content (AvgIpc) is 2.53. The molecule has 3 heteroatoms. The van der Waals surface area contributed by atoms with Gasteiger partial charge in [-0.1, -0.05) is 54.1 Å². The molecule has 0 fully saturated rings. The first-order chi connectivity index (χ1) is 10.6. The molecule has 0 N–H and O–H groups in total. The van der Waals surface area contributed by atoms with E-state index in [0.29, 0.717) is 0 Å². The molecule has 3 aromatic carbocycles. The molecule has 0 radical (unpaired) electrons. The fourth-order valence-corrected chi connectivity index (χ4v) is 4.56. The van der Waals surface area contributed by atoms with E-state index in [2.05, 4.69) is 24.3 Å². The molecule has 0 aromatic heterocycles. The first-order valence-electron chi connectivity index (χ1n) is 7.01. The van der Waals surface area contributed by atoms with Gasteiger partial charge in [-0.05, 0) is 55.0 Å². The summed E-state index contributed by atoms with van der Waals surface area (Å²) >= 11 is 0. The molecule has 0 aliphatic carbocycles. The average molecular weight is 312 g/mol. The zero-order valence-corrected chi connectivity index (χ0v) is 13.0. The minimum atomic E-state index is -0.816. The monoisotopic (exact) mass is 312 g/mol. The SMILES string of the molecule is Cc1ccc(P(c2ccc(F)cc2)c2ccc(F)cc2)cc1. The van der Waals surface area contributed by atoms with Crippen LogP contribution in [-0.2, 0) is 0 Å². The summed E-state index contributed by atoms with van der Waals surface area (Å²) in [5.74, 6) is -0.497. The van der Waals surface area contributed by atoms with Crippen molar-refractivity contribution in [3.63, 3.8) is 0 Å². The molecule has 0 spiro atoms. The van der Waals surface area contributed by atoms with Gasteiger partial charge in [0.1, 0.15) is 11.6 Å². The van der Waals surface area contributed by atoms with Gasteiger partial charge in [0.05, 0.1) is 0 Å². The van der Waals surface area contributed by atoms with E-state index in [9.17, 15) is 8.78 Å². The predicted octanol–water partition coefficient (Wildman–Crippen LogP) is 4.03. The highest BCUT2D eigenvalue weighted by Gasteiger charge is 2.16. The molecule has 0 saturated heterocycles. The summed E-state index contributed by atoms with van der Waals surface area (Å²) < 4.78 is 26.4. The summed E-state index contributed by atoms with van der Waals surface area (Å²) in [7, 11) is -0.816. The Balaban J connectivity index is 2.10. The van der Waals surface area contributed by atoms with E-state index in [1.54, 1.807) is 0 Å². The Labute approximate surface area is 130 Å². The van der Waals surface area contributed by atoms with Crippen LogP contribution in [0.15, 0.2) is 72.8 Å². The Morgan fingerprint density at radius 3 is 1.23 bits per heavy atom. The summed E-state index contributed by atoms with van der Waals surface area (Å²) in [6.07, 6.45) is 0. The van der Waals surface area contributed by atoms with Gasteiger partial charge in [0.15, 0.2) is 0 Å². The van der Waals surface area contributed by atoms with E-state index in [1.165, 1.54) is 35.1 Å². The number of hydrogen-bond donors (Lipinski definition) is 0. The molecule has 0 heterocycles. The molecule has 110 valence electrons. The molecule has 0 unspecified atom stereocenters. The summed E-state index contributed by atoms with van der Waals surface area (Å²) in [6.45, 7) is 2.04. The van der Waals surface area contributed by atoms with E-state index in [0.717, 1.165) is 10.6 Å². The van der Waals surface area contributed by atoms with E-state index in [4.69, 9.17) is 0 Å². The van der Waals surface area contributed by atoms with Crippen LogP contribution < -0.4 is 15.9 Å². The Hall–Kier alpha value is -2.05. The minimum Gasteiger partial charge on any atom is -0.207 e. The Morgan fingerprint density at radius 2 is 0.864 bits per heavy atom. The molecule has 0 atom stereocenters. The molecule has 3 rings (SSSR count). The first-order valence-corrected chi connectivity index (χ1v) is 8.35. The van der Waals surface area contributed by atoms with Crippen LogP contribution in [0.1, 0.15) is 5.56 Å². The van der Waals surface area contributed by atoms with Crippen molar-refractivity contribution in [2.24, 2.45) is 0 Å². The summed E-state index contributed by atoms with van der Waals surface area (Å²) in [5.41, 5.74) is 1.19. The van der Waals surface area contributed by atoms with Gasteiger partial charge in [-0.2, -0.15) is 0 Å². The predicted molar refractivity (Wildman–Crippen MR) is 89.8 cm³/mol. The molecule has 3 aromatic rings. The number of aryl methyl sites for hydroxylation is 1. The van der Waals surface area contributed by atoms with Gasteiger partial charge in [-0.25, -0.2) is 8.78 Å². The van der Waals surface area contributed by atoms with Crippen molar-refractivity contribution < 1.29 is 8.78 Å². The second-order valence-corrected chi connectivity index (χ2v) is 7.34. The van der Waals surface area contributed by atoms with Gasteiger partial charge in [-0.15, -0.1) is 0 Å². The van der Waals surface area contributed by atoms with Crippen LogP contribution >= 0.6 is 7.92 Å². The molecule has 0 nitrogen and oxygen atoms in total. The van der Waals surface area contributed by atoms with Gasteiger partial charge < -0.3 is 0 Å². The van der Waals surface area contributed by atoms with Crippen molar-refractivity contribution in [1.29, 1.82) is 0 Å². The van der Waals surface area contributed by atoms with Crippen LogP contribution in [0.3, 0.4) is 0 Å². The third-order valence-corrected chi connectivity index (χ3v) is 5.91. The maximum atomic E-state index is 13.2. The first kappa shape index (κ1) is 14.9. The van der Waals surface area contributed by atoms with Gasteiger partial charge in [0.2, 0.25) is 0 Å². The molecule has 0 amide bonds. The zero-order valence-electron chi connectivity index (χ0n) is 12.1. The van der Waals surface area contributed by atoms with Gasteiger partial charge in [0, 0.05) is 0 Å². The molecule has 0 aliphatic heterocycles. The fourth-order valence-electron chi connectivity index (χ4n) is 2.32. The number of hydrogen-bond acceptors (Lipinski definition) is 0. The summed E-state index contributed by atoms with van der Waals surface area (Å²) in [5, 5.41) is 3.26. The van der Waals surface area contributed by atoms with E-state index >= 15 is 0 Å². The van der Waals surface area contributed by atoms with Gasteiger partial charge in [0.25, 0.3) is 0 Å². The third-order valence-electron chi connectivity index (χ3n) is 3.46. The van der Waals surface area contributed by atoms with Crippen molar-refractivity contribution in [2.75, 3.05) is 0 Å². The largest absolute Gasteiger partial charge is 0.207 e.